The van der Waals surface area contributed by atoms with Crippen molar-refractivity contribution in [3.8, 4) is 0 Å². The van der Waals surface area contributed by atoms with Crippen LogP contribution in [-0.2, 0) is 9.59 Å². The molecule has 1 heterocycles. The number of hydrogen-bond donors (Lipinski definition) is 2. The molecule has 30 heavy (non-hydrogen) atoms. The first kappa shape index (κ1) is 21.8. The van der Waals surface area contributed by atoms with Crippen molar-refractivity contribution in [3.63, 3.8) is 0 Å². The van der Waals surface area contributed by atoms with E-state index in [2.05, 4.69) is 20.4 Å². The molecule has 0 aliphatic carbocycles. The molecule has 1 aliphatic heterocycles. The number of para-hydroxylation sites is 1. The molecule has 1 aliphatic rings. The quantitative estimate of drug-likeness (QED) is 0.566. The molecule has 0 saturated carbocycles. The third-order valence-electron chi connectivity index (χ3n) is 5.47. The molecule has 0 aromatic heterocycles. The largest absolute Gasteiger partial charge is 0.367 e. The Morgan fingerprint density at radius 2 is 1.70 bits per heavy atom. The number of aryl methyl sites for hydroxylation is 2. The number of halogens is 1. The van der Waals surface area contributed by atoms with E-state index >= 15 is 0 Å². The SMILES string of the molecule is Cc1ccc(NC(=O)C(=O)NCCCN2CCN(c3ccccc3F)CC2)cc1C. The Morgan fingerprint density at radius 3 is 2.40 bits per heavy atom. The summed E-state index contributed by atoms with van der Waals surface area (Å²) in [6.45, 7) is 8.44. The van der Waals surface area contributed by atoms with Crippen LogP contribution in [0.15, 0.2) is 42.5 Å². The first-order valence-electron chi connectivity index (χ1n) is 10.3. The van der Waals surface area contributed by atoms with E-state index in [1.54, 1.807) is 12.1 Å². The Kier molecular flexibility index (Phi) is 7.41. The van der Waals surface area contributed by atoms with Crippen LogP contribution in [0.3, 0.4) is 0 Å². The van der Waals surface area contributed by atoms with Crippen LogP contribution < -0.4 is 15.5 Å². The summed E-state index contributed by atoms with van der Waals surface area (Å²) in [6, 6.07) is 12.4. The van der Waals surface area contributed by atoms with Crippen molar-refractivity contribution in [2.24, 2.45) is 0 Å². The van der Waals surface area contributed by atoms with Crippen LogP contribution in [0.1, 0.15) is 17.5 Å². The van der Waals surface area contributed by atoms with Gasteiger partial charge in [-0.25, -0.2) is 4.39 Å². The van der Waals surface area contributed by atoms with Gasteiger partial charge in [0.05, 0.1) is 5.69 Å². The first-order chi connectivity index (χ1) is 14.4. The van der Waals surface area contributed by atoms with E-state index in [1.807, 2.05) is 38.1 Å². The molecule has 2 N–H and O–H groups in total. The summed E-state index contributed by atoms with van der Waals surface area (Å²) in [4.78, 5) is 28.4. The number of piperazine rings is 1. The summed E-state index contributed by atoms with van der Waals surface area (Å²) in [5.41, 5.74) is 3.46. The van der Waals surface area contributed by atoms with E-state index in [9.17, 15) is 14.0 Å². The molecular weight excluding hydrogens is 383 g/mol. The molecule has 0 atom stereocenters. The zero-order valence-electron chi connectivity index (χ0n) is 17.6. The molecule has 2 aromatic carbocycles. The monoisotopic (exact) mass is 412 g/mol. The van der Waals surface area contributed by atoms with E-state index in [1.165, 1.54) is 6.07 Å². The van der Waals surface area contributed by atoms with Crippen LogP contribution in [0.2, 0.25) is 0 Å². The minimum absolute atomic E-state index is 0.187. The van der Waals surface area contributed by atoms with Crippen molar-refractivity contribution in [2.75, 3.05) is 49.5 Å². The van der Waals surface area contributed by atoms with Gasteiger partial charge in [0.25, 0.3) is 0 Å². The molecule has 1 saturated heterocycles. The van der Waals surface area contributed by atoms with Crippen molar-refractivity contribution >= 4 is 23.2 Å². The van der Waals surface area contributed by atoms with E-state index in [0.29, 0.717) is 17.9 Å². The Bertz CT molecular complexity index is 895. The highest BCUT2D eigenvalue weighted by Gasteiger charge is 2.19. The number of carbonyl (C=O) groups is 2. The topological polar surface area (TPSA) is 64.7 Å². The van der Waals surface area contributed by atoms with Crippen LogP contribution in [-0.4, -0.2) is 56.0 Å². The fourth-order valence-electron chi connectivity index (χ4n) is 3.51. The third kappa shape index (κ3) is 5.79. The number of benzene rings is 2. The van der Waals surface area contributed by atoms with Gasteiger partial charge in [-0.15, -0.1) is 0 Å². The van der Waals surface area contributed by atoms with Gasteiger partial charge in [-0.05, 0) is 62.2 Å². The van der Waals surface area contributed by atoms with E-state index in [4.69, 9.17) is 0 Å². The maximum atomic E-state index is 13.9. The Labute approximate surface area is 177 Å². The first-order valence-corrected chi connectivity index (χ1v) is 10.3. The molecule has 7 heteroatoms. The maximum absolute atomic E-state index is 13.9. The summed E-state index contributed by atoms with van der Waals surface area (Å²) in [6.07, 6.45) is 0.752. The van der Waals surface area contributed by atoms with E-state index in [-0.39, 0.29) is 5.82 Å². The highest BCUT2D eigenvalue weighted by atomic mass is 19.1. The molecule has 0 spiro atoms. The molecule has 160 valence electrons. The molecule has 6 nitrogen and oxygen atoms in total. The van der Waals surface area contributed by atoms with Gasteiger partial charge in [-0.1, -0.05) is 18.2 Å². The van der Waals surface area contributed by atoms with E-state index in [0.717, 1.165) is 50.3 Å². The van der Waals surface area contributed by atoms with Crippen molar-refractivity contribution in [2.45, 2.75) is 20.3 Å². The lowest BCUT2D eigenvalue weighted by atomic mass is 10.1. The minimum atomic E-state index is -0.656. The van der Waals surface area contributed by atoms with Gasteiger partial charge in [0.1, 0.15) is 5.82 Å². The van der Waals surface area contributed by atoms with Crippen LogP contribution in [0.4, 0.5) is 15.8 Å². The minimum Gasteiger partial charge on any atom is -0.367 e. The Balaban J connectivity index is 1.34. The van der Waals surface area contributed by atoms with Gasteiger partial charge >= 0.3 is 11.8 Å². The lowest BCUT2D eigenvalue weighted by Gasteiger charge is -2.36. The van der Waals surface area contributed by atoms with Crippen molar-refractivity contribution in [1.82, 2.24) is 10.2 Å². The number of amides is 2. The summed E-state index contributed by atoms with van der Waals surface area (Å²) >= 11 is 0. The van der Waals surface area contributed by atoms with Gasteiger partial charge in [-0.2, -0.15) is 0 Å². The Morgan fingerprint density at radius 1 is 0.967 bits per heavy atom. The fraction of sp³-hybridized carbons (Fsp3) is 0.391. The fourth-order valence-corrected chi connectivity index (χ4v) is 3.51. The lowest BCUT2D eigenvalue weighted by Crippen LogP contribution is -2.47. The predicted molar refractivity (Wildman–Crippen MR) is 117 cm³/mol. The second-order valence-electron chi connectivity index (χ2n) is 7.64. The van der Waals surface area contributed by atoms with Crippen molar-refractivity contribution < 1.29 is 14.0 Å². The zero-order chi connectivity index (χ0) is 21.5. The van der Waals surface area contributed by atoms with Gasteiger partial charge < -0.3 is 15.5 Å². The summed E-state index contributed by atoms with van der Waals surface area (Å²) in [7, 11) is 0. The molecule has 2 aromatic rings. The van der Waals surface area contributed by atoms with Gasteiger partial charge in [0.15, 0.2) is 0 Å². The van der Waals surface area contributed by atoms with Crippen LogP contribution in [0.5, 0.6) is 0 Å². The smallest absolute Gasteiger partial charge is 0.313 e. The average Bonchev–Trinajstić information content (AvgIpc) is 2.74. The maximum Gasteiger partial charge on any atom is 0.313 e. The number of hydrogen-bond acceptors (Lipinski definition) is 4. The molecule has 3 rings (SSSR count). The van der Waals surface area contributed by atoms with Gasteiger partial charge in [0, 0.05) is 38.4 Å². The van der Waals surface area contributed by atoms with Gasteiger partial charge in [0.2, 0.25) is 0 Å². The van der Waals surface area contributed by atoms with Crippen LogP contribution >= 0.6 is 0 Å². The number of nitrogens with zero attached hydrogens (tertiary/aromatic N) is 2. The molecular formula is C23H29FN4O2. The number of anilines is 2. The van der Waals surface area contributed by atoms with E-state index < -0.39 is 11.8 Å². The predicted octanol–water partition coefficient (Wildman–Crippen LogP) is 2.71. The lowest BCUT2D eigenvalue weighted by molar-refractivity contribution is -0.136. The normalized spacial score (nSPS) is 14.4. The summed E-state index contributed by atoms with van der Waals surface area (Å²) in [5, 5.41) is 5.30. The molecule has 0 unspecified atom stereocenters. The molecule has 2 amide bonds. The number of nitrogens with one attached hydrogen (secondary N) is 2. The Hall–Kier alpha value is -2.93. The van der Waals surface area contributed by atoms with Crippen molar-refractivity contribution in [1.29, 1.82) is 0 Å². The molecule has 1 fully saturated rings. The highest BCUT2D eigenvalue weighted by Crippen LogP contribution is 2.20. The second-order valence-corrected chi connectivity index (χ2v) is 7.64. The zero-order valence-corrected chi connectivity index (χ0v) is 17.6. The average molecular weight is 413 g/mol. The number of carbonyl (C=O) groups excluding carboxylic acids is 2. The molecule has 0 bridgehead atoms. The van der Waals surface area contributed by atoms with Crippen LogP contribution in [0, 0.1) is 19.7 Å². The summed E-state index contributed by atoms with van der Waals surface area (Å²) < 4.78 is 13.9. The second kappa shape index (κ2) is 10.2. The van der Waals surface area contributed by atoms with Crippen LogP contribution in [0.25, 0.3) is 0 Å². The highest BCUT2D eigenvalue weighted by molar-refractivity contribution is 6.39. The third-order valence-corrected chi connectivity index (χ3v) is 5.47. The standard InChI is InChI=1S/C23H29FN4O2/c1-17-8-9-19(16-18(17)2)26-23(30)22(29)25-10-5-11-27-12-14-28(15-13-27)21-7-4-3-6-20(21)24/h3-4,6-9,16H,5,10-15H2,1-2H3,(H,25,29)(H,26,30). The molecule has 0 radical (unpaired) electrons. The van der Waals surface area contributed by atoms with Gasteiger partial charge in [-0.3, -0.25) is 14.5 Å². The van der Waals surface area contributed by atoms with Crippen molar-refractivity contribution in [3.05, 3.63) is 59.4 Å². The summed E-state index contributed by atoms with van der Waals surface area (Å²) in [5.74, 6) is -1.47. The number of rotatable bonds is 6.